The van der Waals surface area contributed by atoms with Crippen LogP contribution in [0.1, 0.15) is 21.1 Å². The second-order valence-corrected chi connectivity index (χ2v) is 4.65. The van der Waals surface area contributed by atoms with Gasteiger partial charge in [-0.2, -0.15) is 0 Å². The molecule has 0 spiro atoms. The van der Waals surface area contributed by atoms with Crippen molar-refractivity contribution in [3.63, 3.8) is 0 Å². The van der Waals surface area contributed by atoms with Crippen LogP contribution in [0.2, 0.25) is 0 Å². The highest BCUT2D eigenvalue weighted by molar-refractivity contribution is 7.11. The van der Waals surface area contributed by atoms with Gasteiger partial charge in [-0.05, 0) is 17.7 Å². The van der Waals surface area contributed by atoms with E-state index in [2.05, 4.69) is 4.98 Å². The standard InChI is InChI=1S/C13H13NO4S/c1-17-11-4-2-9(3-5-11)6-18-7-10-8-19-12(14-10)13(15)16/h2-5,8H,6-7H2,1H3,(H,15,16). The van der Waals surface area contributed by atoms with Gasteiger partial charge >= 0.3 is 5.97 Å². The van der Waals surface area contributed by atoms with Crippen molar-refractivity contribution in [1.82, 2.24) is 4.98 Å². The normalized spacial score (nSPS) is 10.4. The number of hydrogen-bond donors (Lipinski definition) is 1. The van der Waals surface area contributed by atoms with Crippen LogP contribution < -0.4 is 4.74 Å². The summed E-state index contributed by atoms with van der Waals surface area (Å²) in [5.41, 5.74) is 1.66. The Kier molecular flexibility index (Phi) is 4.48. The lowest BCUT2D eigenvalue weighted by atomic mass is 10.2. The summed E-state index contributed by atoms with van der Waals surface area (Å²) in [6, 6.07) is 7.57. The molecular formula is C13H13NO4S. The lowest BCUT2D eigenvalue weighted by Gasteiger charge is -2.04. The summed E-state index contributed by atoms with van der Waals surface area (Å²) in [5.74, 6) is -0.208. The van der Waals surface area contributed by atoms with Gasteiger partial charge in [0.1, 0.15) is 5.75 Å². The minimum atomic E-state index is -1.01. The average molecular weight is 279 g/mol. The van der Waals surface area contributed by atoms with Crippen molar-refractivity contribution in [2.45, 2.75) is 13.2 Å². The number of nitrogens with zero attached hydrogens (tertiary/aromatic N) is 1. The van der Waals surface area contributed by atoms with Gasteiger partial charge in [-0.25, -0.2) is 9.78 Å². The SMILES string of the molecule is COc1ccc(COCc2csc(C(=O)O)n2)cc1. The third-order valence-electron chi connectivity index (χ3n) is 2.41. The van der Waals surface area contributed by atoms with Crippen molar-refractivity contribution in [2.75, 3.05) is 7.11 Å². The van der Waals surface area contributed by atoms with Gasteiger partial charge in [0.15, 0.2) is 0 Å². The van der Waals surface area contributed by atoms with Crippen LogP contribution in [0.4, 0.5) is 0 Å². The fourth-order valence-electron chi connectivity index (χ4n) is 1.47. The Morgan fingerprint density at radius 2 is 2.05 bits per heavy atom. The third-order valence-corrected chi connectivity index (χ3v) is 3.29. The molecule has 0 radical (unpaired) electrons. The topological polar surface area (TPSA) is 68.7 Å². The molecule has 2 aromatic rings. The van der Waals surface area contributed by atoms with E-state index in [1.807, 2.05) is 24.3 Å². The predicted octanol–water partition coefficient (Wildman–Crippen LogP) is 2.57. The fourth-order valence-corrected chi connectivity index (χ4v) is 2.11. The van der Waals surface area contributed by atoms with E-state index in [4.69, 9.17) is 14.6 Å². The molecule has 6 heteroatoms. The second kappa shape index (κ2) is 6.31. The number of ether oxygens (including phenoxy) is 2. The molecule has 1 heterocycles. The first-order chi connectivity index (χ1) is 9.19. The number of hydrogen-bond acceptors (Lipinski definition) is 5. The van der Waals surface area contributed by atoms with Gasteiger partial charge in [-0.3, -0.25) is 0 Å². The summed E-state index contributed by atoms with van der Waals surface area (Å²) < 4.78 is 10.5. The highest BCUT2D eigenvalue weighted by atomic mass is 32.1. The molecule has 0 bridgehead atoms. The van der Waals surface area contributed by atoms with Crippen LogP contribution in [0.3, 0.4) is 0 Å². The molecule has 1 aromatic heterocycles. The number of rotatable bonds is 6. The van der Waals surface area contributed by atoms with Crippen LogP contribution in [-0.4, -0.2) is 23.2 Å². The molecule has 0 aliphatic carbocycles. The van der Waals surface area contributed by atoms with Crippen molar-refractivity contribution in [2.24, 2.45) is 0 Å². The lowest BCUT2D eigenvalue weighted by Crippen LogP contribution is -1.98. The lowest BCUT2D eigenvalue weighted by molar-refractivity contribution is 0.0694. The van der Waals surface area contributed by atoms with Crippen molar-refractivity contribution >= 4 is 17.3 Å². The number of aromatic nitrogens is 1. The average Bonchev–Trinajstić information content (AvgIpc) is 2.89. The molecule has 0 atom stereocenters. The first-order valence-corrected chi connectivity index (χ1v) is 6.45. The molecule has 100 valence electrons. The molecule has 0 saturated carbocycles. The molecule has 0 unspecified atom stereocenters. The van der Waals surface area contributed by atoms with Crippen molar-refractivity contribution in [3.8, 4) is 5.75 Å². The number of methoxy groups -OCH3 is 1. The molecule has 1 N–H and O–H groups in total. The Hall–Kier alpha value is -1.92. The monoisotopic (exact) mass is 279 g/mol. The summed E-state index contributed by atoms with van der Waals surface area (Å²) in [6.07, 6.45) is 0. The maximum absolute atomic E-state index is 10.7. The van der Waals surface area contributed by atoms with E-state index in [9.17, 15) is 4.79 Å². The molecule has 1 aromatic carbocycles. The van der Waals surface area contributed by atoms with Crippen LogP contribution in [0.15, 0.2) is 29.6 Å². The molecule has 0 fully saturated rings. The maximum atomic E-state index is 10.7. The highest BCUT2D eigenvalue weighted by Gasteiger charge is 2.08. The number of carboxylic acid groups (broad SMARTS) is 1. The molecule has 0 amide bonds. The Morgan fingerprint density at radius 3 is 2.63 bits per heavy atom. The van der Waals surface area contributed by atoms with Gasteiger partial charge in [-0.1, -0.05) is 12.1 Å². The zero-order chi connectivity index (χ0) is 13.7. The van der Waals surface area contributed by atoms with Crippen LogP contribution >= 0.6 is 11.3 Å². The van der Waals surface area contributed by atoms with Crippen LogP contribution in [0.5, 0.6) is 5.75 Å². The fraction of sp³-hybridized carbons (Fsp3) is 0.231. The number of carboxylic acids is 1. The van der Waals surface area contributed by atoms with Crippen molar-refractivity contribution in [1.29, 1.82) is 0 Å². The summed E-state index contributed by atoms with van der Waals surface area (Å²) in [4.78, 5) is 14.6. The van der Waals surface area contributed by atoms with Crippen molar-refractivity contribution in [3.05, 3.63) is 45.9 Å². The van der Waals surface area contributed by atoms with E-state index in [0.29, 0.717) is 18.9 Å². The van der Waals surface area contributed by atoms with Crippen LogP contribution in [0, 0.1) is 0 Å². The summed E-state index contributed by atoms with van der Waals surface area (Å²) in [7, 11) is 1.62. The summed E-state index contributed by atoms with van der Waals surface area (Å²) in [6.45, 7) is 0.750. The van der Waals surface area contributed by atoms with Crippen molar-refractivity contribution < 1.29 is 19.4 Å². The van der Waals surface area contributed by atoms with E-state index in [1.54, 1.807) is 12.5 Å². The van der Waals surface area contributed by atoms with E-state index in [1.165, 1.54) is 0 Å². The molecule has 0 saturated heterocycles. The molecule has 19 heavy (non-hydrogen) atoms. The van der Waals surface area contributed by atoms with E-state index >= 15 is 0 Å². The van der Waals surface area contributed by atoms with Gasteiger partial charge in [-0.15, -0.1) is 11.3 Å². The number of thiazole rings is 1. The van der Waals surface area contributed by atoms with Gasteiger partial charge < -0.3 is 14.6 Å². The van der Waals surface area contributed by atoms with Gasteiger partial charge in [0.25, 0.3) is 0 Å². The van der Waals surface area contributed by atoms with Crippen LogP contribution in [0.25, 0.3) is 0 Å². The largest absolute Gasteiger partial charge is 0.497 e. The van der Waals surface area contributed by atoms with Gasteiger partial charge in [0.2, 0.25) is 5.01 Å². The predicted molar refractivity (Wildman–Crippen MR) is 70.6 cm³/mol. The Bertz CT molecular complexity index is 550. The first kappa shape index (κ1) is 13.5. The Balaban J connectivity index is 1.83. The maximum Gasteiger partial charge on any atom is 0.365 e. The Labute approximate surface area is 114 Å². The van der Waals surface area contributed by atoms with Gasteiger partial charge in [0.05, 0.1) is 26.0 Å². The van der Waals surface area contributed by atoms with Gasteiger partial charge in [0, 0.05) is 5.38 Å². The summed E-state index contributed by atoms with van der Waals surface area (Å²) >= 11 is 1.10. The molecule has 0 aliphatic rings. The molecule has 0 aliphatic heterocycles. The van der Waals surface area contributed by atoms with E-state index in [0.717, 1.165) is 22.6 Å². The van der Waals surface area contributed by atoms with E-state index < -0.39 is 5.97 Å². The molecule has 5 nitrogen and oxygen atoms in total. The zero-order valence-corrected chi connectivity index (χ0v) is 11.1. The second-order valence-electron chi connectivity index (χ2n) is 3.79. The zero-order valence-electron chi connectivity index (χ0n) is 10.3. The summed E-state index contributed by atoms with van der Waals surface area (Å²) in [5, 5.41) is 10.5. The quantitative estimate of drug-likeness (QED) is 0.880. The smallest absolute Gasteiger partial charge is 0.365 e. The third kappa shape index (κ3) is 3.77. The number of carbonyl (C=O) groups is 1. The van der Waals surface area contributed by atoms with E-state index in [-0.39, 0.29) is 5.01 Å². The first-order valence-electron chi connectivity index (χ1n) is 5.57. The minimum Gasteiger partial charge on any atom is -0.497 e. The minimum absolute atomic E-state index is 0.0862. The highest BCUT2D eigenvalue weighted by Crippen LogP contribution is 2.14. The molecule has 2 rings (SSSR count). The van der Waals surface area contributed by atoms with Crippen LogP contribution in [-0.2, 0) is 18.0 Å². The molecular weight excluding hydrogens is 266 g/mol. The number of benzene rings is 1. The Morgan fingerprint density at radius 1 is 1.32 bits per heavy atom. The number of aromatic carboxylic acids is 1.